The van der Waals surface area contributed by atoms with Crippen LogP contribution in [0.4, 0.5) is 0 Å². The Morgan fingerprint density at radius 1 is 0.724 bits per heavy atom. The molecule has 0 saturated heterocycles. The molecule has 154 valence electrons. The lowest BCUT2D eigenvalue weighted by atomic mass is 9.75. The van der Waals surface area contributed by atoms with Crippen LogP contribution in [-0.2, 0) is 14.4 Å². The van der Waals surface area contributed by atoms with Gasteiger partial charge in [0.15, 0.2) is 17.3 Å². The lowest BCUT2D eigenvalue weighted by Crippen LogP contribution is -2.28. The number of fused-ring (bicyclic) bond motifs is 2. The summed E-state index contributed by atoms with van der Waals surface area (Å²) in [4.78, 5) is 37.7. The number of carbonyl (C=O) groups is 3. The lowest BCUT2D eigenvalue weighted by Gasteiger charge is -2.32. The Labute approximate surface area is 172 Å². The molecule has 3 fully saturated rings. The molecule has 0 aromatic heterocycles. The van der Waals surface area contributed by atoms with Gasteiger partial charge in [0, 0.05) is 23.3 Å². The second-order valence-corrected chi connectivity index (χ2v) is 9.46. The van der Waals surface area contributed by atoms with E-state index in [-0.39, 0.29) is 46.8 Å². The molecule has 6 unspecified atom stereocenters. The molecule has 4 aliphatic carbocycles. The van der Waals surface area contributed by atoms with Crippen LogP contribution in [-0.4, -0.2) is 17.3 Å². The van der Waals surface area contributed by atoms with E-state index in [1.54, 1.807) is 30.4 Å². The fourth-order valence-electron chi connectivity index (χ4n) is 5.71. The van der Waals surface area contributed by atoms with Gasteiger partial charge in [-0.25, -0.2) is 0 Å². The first kappa shape index (κ1) is 20.1. The quantitative estimate of drug-likeness (QED) is 0.418. The highest BCUT2D eigenvalue weighted by molar-refractivity contribution is 6.27. The van der Waals surface area contributed by atoms with Gasteiger partial charge >= 0.3 is 0 Å². The Morgan fingerprint density at radius 2 is 1.31 bits per heavy atom. The first-order valence-corrected chi connectivity index (χ1v) is 11.0. The standard InChI is InChI=1S/C25H30O4/c1-14-8-10-16-20(12-14)24(28)18(22(16)26)6-4-3-5-7-19-23(27)17-11-9-15(2)13-21(17)25(19)29/h3-7,14-17,20-21,28H,8-13H2,1-2H3/p-1. The highest BCUT2D eigenvalue weighted by Gasteiger charge is 2.47. The van der Waals surface area contributed by atoms with Gasteiger partial charge in [-0.15, -0.1) is 5.76 Å². The molecule has 4 aliphatic rings. The van der Waals surface area contributed by atoms with Crippen molar-refractivity contribution in [3.05, 3.63) is 47.3 Å². The summed E-state index contributed by atoms with van der Waals surface area (Å²) < 4.78 is 0. The molecular weight excluding hydrogens is 364 g/mol. The second kappa shape index (κ2) is 7.89. The van der Waals surface area contributed by atoms with E-state index in [1.165, 1.54) is 0 Å². The Hall–Kier alpha value is -2.23. The molecule has 0 radical (unpaired) electrons. The SMILES string of the molecule is CC1CCC2C(=O)C(=CC=CC=CC3=C([O-])C4CC(C)CCC4C3=O)C(=O)C2C1. The number of Topliss-reactive ketones (excluding diaryl/α,β-unsaturated/α-hetero) is 3. The Bertz CT molecular complexity index is 856. The summed E-state index contributed by atoms with van der Waals surface area (Å²) >= 11 is 0. The molecule has 0 aromatic carbocycles. The molecule has 6 atom stereocenters. The van der Waals surface area contributed by atoms with Gasteiger partial charge < -0.3 is 5.11 Å². The highest BCUT2D eigenvalue weighted by atomic mass is 16.3. The minimum absolute atomic E-state index is 0.0192. The minimum atomic E-state index is -0.142. The first-order valence-electron chi connectivity index (χ1n) is 11.0. The number of ketones is 3. The maximum atomic E-state index is 12.6. The minimum Gasteiger partial charge on any atom is -0.875 e. The van der Waals surface area contributed by atoms with Gasteiger partial charge in [-0.1, -0.05) is 38.2 Å². The molecule has 0 bridgehead atoms. The zero-order valence-electron chi connectivity index (χ0n) is 17.2. The van der Waals surface area contributed by atoms with Gasteiger partial charge in [0.25, 0.3) is 0 Å². The van der Waals surface area contributed by atoms with Crippen LogP contribution in [0, 0.1) is 35.5 Å². The molecule has 4 heteroatoms. The monoisotopic (exact) mass is 393 g/mol. The first-order chi connectivity index (χ1) is 13.9. The van der Waals surface area contributed by atoms with E-state index in [0.29, 0.717) is 23.0 Å². The third kappa shape index (κ3) is 3.58. The van der Waals surface area contributed by atoms with Gasteiger partial charge in [0.1, 0.15) is 0 Å². The highest BCUT2D eigenvalue weighted by Crippen LogP contribution is 2.44. The summed E-state index contributed by atoms with van der Waals surface area (Å²) in [6.45, 7) is 4.28. The van der Waals surface area contributed by atoms with Crippen molar-refractivity contribution < 1.29 is 19.5 Å². The lowest BCUT2D eigenvalue weighted by molar-refractivity contribution is -0.317. The fraction of sp³-hybridized carbons (Fsp3) is 0.560. The molecule has 0 aliphatic heterocycles. The van der Waals surface area contributed by atoms with Crippen molar-refractivity contribution in [1.82, 2.24) is 0 Å². The van der Waals surface area contributed by atoms with Crippen LogP contribution < -0.4 is 5.11 Å². The maximum absolute atomic E-state index is 12.6. The summed E-state index contributed by atoms with van der Waals surface area (Å²) in [5.41, 5.74) is 0.610. The van der Waals surface area contributed by atoms with E-state index < -0.39 is 0 Å². The van der Waals surface area contributed by atoms with E-state index in [9.17, 15) is 19.5 Å². The van der Waals surface area contributed by atoms with E-state index in [1.807, 2.05) is 0 Å². The predicted octanol–water partition coefficient (Wildman–Crippen LogP) is 3.48. The second-order valence-electron chi connectivity index (χ2n) is 9.46. The number of allylic oxidation sites excluding steroid dienone is 8. The predicted molar refractivity (Wildman–Crippen MR) is 108 cm³/mol. The average Bonchev–Trinajstić information content (AvgIpc) is 3.07. The maximum Gasteiger partial charge on any atom is 0.170 e. The van der Waals surface area contributed by atoms with Crippen molar-refractivity contribution in [3.8, 4) is 0 Å². The van der Waals surface area contributed by atoms with Crippen molar-refractivity contribution in [2.75, 3.05) is 0 Å². The van der Waals surface area contributed by atoms with Crippen LogP contribution in [0.3, 0.4) is 0 Å². The Morgan fingerprint density at radius 3 is 2.00 bits per heavy atom. The van der Waals surface area contributed by atoms with Crippen LogP contribution in [0.25, 0.3) is 0 Å². The van der Waals surface area contributed by atoms with Gasteiger partial charge in [0.05, 0.1) is 5.57 Å². The van der Waals surface area contributed by atoms with Crippen LogP contribution in [0.5, 0.6) is 0 Å². The van der Waals surface area contributed by atoms with Crippen LogP contribution >= 0.6 is 0 Å². The third-order valence-electron chi connectivity index (χ3n) is 7.38. The zero-order valence-corrected chi connectivity index (χ0v) is 17.2. The third-order valence-corrected chi connectivity index (χ3v) is 7.38. The van der Waals surface area contributed by atoms with Crippen LogP contribution in [0.15, 0.2) is 47.3 Å². The van der Waals surface area contributed by atoms with E-state index in [4.69, 9.17) is 0 Å². The summed E-state index contributed by atoms with van der Waals surface area (Å²) in [7, 11) is 0. The summed E-state index contributed by atoms with van der Waals surface area (Å²) in [5, 5.41) is 12.6. The van der Waals surface area contributed by atoms with E-state index in [0.717, 1.165) is 38.5 Å². The Balaban J connectivity index is 1.44. The van der Waals surface area contributed by atoms with E-state index in [2.05, 4.69) is 13.8 Å². The summed E-state index contributed by atoms with van der Waals surface area (Å²) in [6.07, 6.45) is 13.5. The van der Waals surface area contributed by atoms with E-state index >= 15 is 0 Å². The van der Waals surface area contributed by atoms with Crippen molar-refractivity contribution in [1.29, 1.82) is 0 Å². The molecule has 3 saturated carbocycles. The molecule has 29 heavy (non-hydrogen) atoms. The van der Waals surface area contributed by atoms with Gasteiger partial charge in [0.2, 0.25) is 0 Å². The molecular formula is C25H29O4-. The topological polar surface area (TPSA) is 74.3 Å². The summed E-state index contributed by atoms with van der Waals surface area (Å²) in [6, 6.07) is 0. The molecule has 0 N–H and O–H groups in total. The molecule has 0 amide bonds. The Kier molecular flexibility index (Phi) is 5.46. The average molecular weight is 394 g/mol. The van der Waals surface area contributed by atoms with Crippen molar-refractivity contribution in [2.45, 2.75) is 52.4 Å². The van der Waals surface area contributed by atoms with Crippen LogP contribution in [0.2, 0.25) is 0 Å². The molecule has 4 nitrogen and oxygen atoms in total. The van der Waals surface area contributed by atoms with Gasteiger partial charge in [-0.3, -0.25) is 14.4 Å². The smallest absolute Gasteiger partial charge is 0.170 e. The molecule has 0 aromatic rings. The largest absolute Gasteiger partial charge is 0.875 e. The number of hydrogen-bond donors (Lipinski definition) is 0. The van der Waals surface area contributed by atoms with Crippen molar-refractivity contribution in [3.63, 3.8) is 0 Å². The fourth-order valence-corrected chi connectivity index (χ4v) is 5.71. The molecule has 0 spiro atoms. The van der Waals surface area contributed by atoms with Crippen LogP contribution in [0.1, 0.15) is 52.4 Å². The van der Waals surface area contributed by atoms with Crippen molar-refractivity contribution in [2.24, 2.45) is 35.5 Å². The summed E-state index contributed by atoms with van der Waals surface area (Å²) in [5.74, 6) is 0.360. The van der Waals surface area contributed by atoms with Gasteiger partial charge in [-0.2, -0.15) is 0 Å². The molecule has 0 heterocycles. The molecule has 4 rings (SSSR count). The normalized spacial score (nSPS) is 39.2. The number of carbonyl (C=O) groups excluding carboxylic acids is 3. The number of rotatable bonds is 3. The van der Waals surface area contributed by atoms with Crippen molar-refractivity contribution >= 4 is 17.3 Å². The number of hydrogen-bond acceptors (Lipinski definition) is 4. The zero-order chi connectivity index (χ0) is 20.7. The van der Waals surface area contributed by atoms with Gasteiger partial charge in [-0.05, 0) is 62.4 Å².